The number of nitrogens with one attached hydrogen (secondary N) is 3. The maximum atomic E-state index is 13.2. The van der Waals surface area contributed by atoms with Crippen molar-refractivity contribution in [3.05, 3.63) is 107 Å². The van der Waals surface area contributed by atoms with E-state index < -0.39 is 6.04 Å². The fourth-order valence-corrected chi connectivity index (χ4v) is 4.41. The molecule has 172 valence electrons. The molecule has 0 unspecified atom stereocenters. The van der Waals surface area contributed by atoms with Gasteiger partial charge in [-0.05, 0) is 49.2 Å². The van der Waals surface area contributed by atoms with Gasteiger partial charge in [0.15, 0.2) is 5.17 Å². The highest BCUT2D eigenvalue weighted by atomic mass is 32.2. The maximum absolute atomic E-state index is 13.2. The molecule has 0 aromatic heterocycles. The molecule has 1 aliphatic heterocycles. The van der Waals surface area contributed by atoms with Gasteiger partial charge in [-0.25, -0.2) is 4.99 Å². The van der Waals surface area contributed by atoms with E-state index in [2.05, 4.69) is 16.0 Å². The Labute approximate surface area is 203 Å². The highest BCUT2D eigenvalue weighted by Gasteiger charge is 2.29. The molecule has 1 heterocycles. The number of rotatable bonds is 6. The van der Waals surface area contributed by atoms with E-state index >= 15 is 0 Å². The molecule has 1 aliphatic rings. The Morgan fingerprint density at radius 1 is 0.882 bits per heavy atom. The number of para-hydroxylation sites is 1. The summed E-state index contributed by atoms with van der Waals surface area (Å²) in [5.74, 6) is -0.138. The molecule has 3 aromatic carbocycles. The minimum atomic E-state index is -0.478. The number of aryl methyl sites for hydroxylation is 1. The van der Waals surface area contributed by atoms with Crippen molar-refractivity contribution in [1.82, 2.24) is 5.32 Å². The lowest BCUT2D eigenvalue weighted by atomic mass is 9.96. The molecule has 34 heavy (non-hydrogen) atoms. The molecule has 2 amide bonds. The Kier molecular flexibility index (Phi) is 7.44. The number of amides is 2. The molecule has 0 saturated heterocycles. The van der Waals surface area contributed by atoms with Crippen molar-refractivity contribution in [2.45, 2.75) is 19.9 Å². The standard InChI is InChI=1S/C27H26N4O2S/c1-18-10-9-15-22(16-18)29-23(32)17-34-27-28-19(2)24(25(31-27)20-11-5-3-6-12-20)26(33)30-21-13-7-4-8-14-21/h3-16,25H,17H2,1-2H3,(H,28,31)(H,29,32)(H,30,33)/t25-/m0/s1. The summed E-state index contributed by atoms with van der Waals surface area (Å²) >= 11 is 1.31. The number of hydrogen-bond acceptors (Lipinski definition) is 5. The molecule has 6 nitrogen and oxygen atoms in total. The first kappa shape index (κ1) is 23.3. The first-order chi connectivity index (χ1) is 16.5. The van der Waals surface area contributed by atoms with Gasteiger partial charge in [0.2, 0.25) is 5.91 Å². The lowest BCUT2D eigenvalue weighted by Crippen LogP contribution is -2.32. The van der Waals surface area contributed by atoms with Crippen LogP contribution >= 0.6 is 11.8 Å². The minimum Gasteiger partial charge on any atom is -0.338 e. The van der Waals surface area contributed by atoms with Crippen LogP contribution in [0.2, 0.25) is 0 Å². The molecule has 4 rings (SSSR count). The van der Waals surface area contributed by atoms with Crippen LogP contribution < -0.4 is 16.0 Å². The third-order valence-corrected chi connectivity index (χ3v) is 6.14. The van der Waals surface area contributed by atoms with Crippen molar-refractivity contribution >= 4 is 40.1 Å². The van der Waals surface area contributed by atoms with Gasteiger partial charge in [0.05, 0.1) is 11.3 Å². The predicted molar refractivity (Wildman–Crippen MR) is 140 cm³/mol. The van der Waals surface area contributed by atoms with Crippen LogP contribution in [0.4, 0.5) is 11.4 Å². The van der Waals surface area contributed by atoms with Crippen molar-refractivity contribution in [2.75, 3.05) is 16.4 Å². The molecular formula is C27H26N4O2S. The third kappa shape index (κ3) is 5.94. The van der Waals surface area contributed by atoms with Crippen LogP contribution in [0.15, 0.2) is 101 Å². The van der Waals surface area contributed by atoms with E-state index in [0.717, 1.165) is 22.5 Å². The first-order valence-electron chi connectivity index (χ1n) is 11.0. The highest BCUT2D eigenvalue weighted by molar-refractivity contribution is 8.14. The molecule has 0 bridgehead atoms. The van der Waals surface area contributed by atoms with E-state index in [-0.39, 0.29) is 17.6 Å². The number of hydrogen-bond donors (Lipinski definition) is 3. The SMILES string of the molecule is CC1=C(C(=O)Nc2ccccc2)[C@H](c2ccccc2)N=C(SCC(=O)Nc2cccc(C)c2)N1. The zero-order valence-electron chi connectivity index (χ0n) is 19.0. The van der Waals surface area contributed by atoms with E-state index in [9.17, 15) is 9.59 Å². The van der Waals surface area contributed by atoms with Gasteiger partial charge in [0, 0.05) is 17.1 Å². The van der Waals surface area contributed by atoms with E-state index in [1.165, 1.54) is 11.8 Å². The number of carbonyl (C=O) groups excluding carboxylic acids is 2. The number of nitrogens with zero attached hydrogens (tertiary/aromatic N) is 1. The molecular weight excluding hydrogens is 444 g/mol. The molecule has 0 saturated carbocycles. The summed E-state index contributed by atoms with van der Waals surface area (Å²) in [6, 6.07) is 26.2. The lowest BCUT2D eigenvalue weighted by Gasteiger charge is -2.26. The second-order valence-corrected chi connectivity index (χ2v) is 8.90. The summed E-state index contributed by atoms with van der Waals surface area (Å²) in [5, 5.41) is 9.69. The van der Waals surface area contributed by atoms with Gasteiger partial charge in [-0.15, -0.1) is 0 Å². The van der Waals surface area contributed by atoms with Gasteiger partial charge < -0.3 is 16.0 Å². The van der Waals surface area contributed by atoms with E-state index in [1.54, 1.807) is 0 Å². The maximum Gasteiger partial charge on any atom is 0.255 e. The monoisotopic (exact) mass is 470 g/mol. The van der Waals surface area contributed by atoms with Crippen LogP contribution in [0.25, 0.3) is 0 Å². The Hall–Kier alpha value is -3.84. The normalized spacial score (nSPS) is 15.2. The lowest BCUT2D eigenvalue weighted by molar-refractivity contribution is -0.114. The summed E-state index contributed by atoms with van der Waals surface area (Å²) in [6.45, 7) is 3.84. The molecule has 0 radical (unpaired) electrons. The van der Waals surface area contributed by atoms with Gasteiger partial charge in [0.1, 0.15) is 6.04 Å². The fraction of sp³-hybridized carbons (Fsp3) is 0.148. The summed E-state index contributed by atoms with van der Waals surface area (Å²) < 4.78 is 0. The van der Waals surface area contributed by atoms with Crippen molar-refractivity contribution in [2.24, 2.45) is 4.99 Å². The largest absolute Gasteiger partial charge is 0.338 e. The van der Waals surface area contributed by atoms with Gasteiger partial charge in [-0.1, -0.05) is 72.4 Å². The minimum absolute atomic E-state index is 0.120. The van der Waals surface area contributed by atoms with Crippen LogP contribution in [0.5, 0.6) is 0 Å². The number of allylic oxidation sites excluding steroid dienone is 1. The van der Waals surface area contributed by atoms with Crippen LogP contribution in [-0.4, -0.2) is 22.7 Å². The molecule has 1 atom stereocenters. The first-order valence-corrected chi connectivity index (χ1v) is 11.9. The van der Waals surface area contributed by atoms with Crippen LogP contribution in [0.3, 0.4) is 0 Å². The zero-order chi connectivity index (χ0) is 23.9. The van der Waals surface area contributed by atoms with Gasteiger partial charge >= 0.3 is 0 Å². The predicted octanol–water partition coefficient (Wildman–Crippen LogP) is 5.28. The number of anilines is 2. The van der Waals surface area contributed by atoms with Crippen LogP contribution in [-0.2, 0) is 9.59 Å². The summed E-state index contributed by atoms with van der Waals surface area (Å²) in [6.07, 6.45) is 0. The Balaban J connectivity index is 1.50. The number of aliphatic imine (C=N–C) groups is 1. The van der Waals surface area contributed by atoms with Gasteiger partial charge in [-0.2, -0.15) is 0 Å². The number of carbonyl (C=O) groups is 2. The second kappa shape index (κ2) is 10.9. The van der Waals surface area contributed by atoms with Crippen LogP contribution in [0.1, 0.15) is 24.1 Å². The average molecular weight is 471 g/mol. The molecule has 0 fully saturated rings. The highest BCUT2D eigenvalue weighted by Crippen LogP contribution is 2.33. The summed E-state index contributed by atoms with van der Waals surface area (Å²) in [7, 11) is 0. The Bertz CT molecular complexity index is 1240. The van der Waals surface area contributed by atoms with Gasteiger partial charge in [0.25, 0.3) is 5.91 Å². The molecule has 0 aliphatic carbocycles. The topological polar surface area (TPSA) is 82.6 Å². The molecule has 7 heteroatoms. The smallest absolute Gasteiger partial charge is 0.255 e. The molecule has 3 N–H and O–H groups in total. The number of benzene rings is 3. The average Bonchev–Trinajstić information content (AvgIpc) is 2.83. The summed E-state index contributed by atoms with van der Waals surface area (Å²) in [5.41, 5.74) is 4.72. The number of thioether (sulfide) groups is 1. The molecule has 3 aromatic rings. The Morgan fingerprint density at radius 2 is 1.56 bits per heavy atom. The van der Waals surface area contributed by atoms with E-state index in [1.807, 2.05) is 98.8 Å². The van der Waals surface area contributed by atoms with Crippen LogP contribution in [0, 0.1) is 6.92 Å². The van der Waals surface area contributed by atoms with Crippen molar-refractivity contribution in [3.8, 4) is 0 Å². The van der Waals surface area contributed by atoms with Crippen molar-refractivity contribution in [3.63, 3.8) is 0 Å². The van der Waals surface area contributed by atoms with E-state index in [4.69, 9.17) is 4.99 Å². The second-order valence-electron chi connectivity index (χ2n) is 7.94. The zero-order valence-corrected chi connectivity index (χ0v) is 19.9. The number of amidine groups is 1. The van der Waals surface area contributed by atoms with Crippen molar-refractivity contribution in [1.29, 1.82) is 0 Å². The van der Waals surface area contributed by atoms with E-state index in [0.29, 0.717) is 16.4 Å². The molecule has 0 spiro atoms. The quantitative estimate of drug-likeness (QED) is 0.458. The fourth-order valence-electron chi connectivity index (χ4n) is 3.66. The Morgan fingerprint density at radius 3 is 2.26 bits per heavy atom. The third-order valence-electron chi connectivity index (χ3n) is 5.25. The summed E-state index contributed by atoms with van der Waals surface area (Å²) in [4.78, 5) is 30.5. The van der Waals surface area contributed by atoms with Crippen molar-refractivity contribution < 1.29 is 9.59 Å². The van der Waals surface area contributed by atoms with Gasteiger partial charge in [-0.3, -0.25) is 9.59 Å².